The molecule has 1 aliphatic heterocycles. The fourth-order valence-corrected chi connectivity index (χ4v) is 3.11. The first-order valence-electron chi connectivity index (χ1n) is 8.05. The first-order valence-corrected chi connectivity index (χ1v) is 8.05. The van der Waals surface area contributed by atoms with Crippen LogP contribution < -0.4 is 11.5 Å². The molecule has 4 rings (SSSR count). The highest BCUT2D eigenvalue weighted by Crippen LogP contribution is 2.37. The third kappa shape index (κ3) is 3.00. The molecule has 10 heteroatoms. The molecule has 0 spiro atoms. The number of fused-ring (bicyclic) bond motifs is 1. The minimum atomic E-state index is -0.579. The predicted octanol–water partition coefficient (Wildman–Crippen LogP) is 0.185. The number of aryl methyl sites for hydroxylation is 1. The highest BCUT2D eigenvalue weighted by molar-refractivity contribution is 5.99. The number of aliphatic hydroxyl groups is 1. The Morgan fingerprint density at radius 3 is 2.73 bits per heavy atom. The number of nitrogens with zero attached hydrogens (tertiary/aromatic N) is 5. The highest BCUT2D eigenvalue weighted by Gasteiger charge is 2.32. The number of anilines is 1. The molecule has 1 saturated heterocycles. The van der Waals surface area contributed by atoms with Gasteiger partial charge in [0.1, 0.15) is 30.1 Å². The van der Waals surface area contributed by atoms with E-state index in [2.05, 4.69) is 15.1 Å². The van der Waals surface area contributed by atoms with E-state index in [0.29, 0.717) is 24.3 Å². The second-order valence-corrected chi connectivity index (χ2v) is 5.84. The zero-order valence-corrected chi connectivity index (χ0v) is 14.5. The van der Waals surface area contributed by atoms with Crippen molar-refractivity contribution in [2.75, 3.05) is 12.8 Å². The lowest BCUT2D eigenvalue weighted by Crippen LogP contribution is -2.28. The molecule has 3 aromatic heterocycles. The van der Waals surface area contributed by atoms with Crippen LogP contribution in [0.25, 0.3) is 22.3 Å². The standard InChI is InChI=1S/C15H17N7O2.CH4O/c1-21-5-4-9(20-21)8-6-22(11-3-2-10(24-11)14(17)23)15-12(8)13(16)18-7-19-15;1-2/h4-7,10-11H,2-3H2,1H3,(H2,17,23)(H2,16,18,19);2H,1H3. The molecule has 138 valence electrons. The van der Waals surface area contributed by atoms with Crippen molar-refractivity contribution in [3.05, 3.63) is 24.8 Å². The lowest BCUT2D eigenvalue weighted by atomic mass is 10.2. The molecule has 0 radical (unpaired) electrons. The van der Waals surface area contributed by atoms with Gasteiger partial charge in [0.05, 0.1) is 11.1 Å². The van der Waals surface area contributed by atoms with Crippen molar-refractivity contribution in [1.29, 1.82) is 0 Å². The fraction of sp³-hybridized carbons (Fsp3) is 0.375. The van der Waals surface area contributed by atoms with Crippen LogP contribution >= 0.6 is 0 Å². The van der Waals surface area contributed by atoms with Crippen molar-refractivity contribution in [3.8, 4) is 11.3 Å². The molecular formula is C16H21N7O3. The molecule has 26 heavy (non-hydrogen) atoms. The van der Waals surface area contributed by atoms with Gasteiger partial charge in [-0.25, -0.2) is 9.97 Å². The summed E-state index contributed by atoms with van der Waals surface area (Å²) < 4.78 is 9.36. The van der Waals surface area contributed by atoms with E-state index in [-0.39, 0.29) is 6.23 Å². The number of carbonyl (C=O) groups excluding carboxylic acids is 1. The van der Waals surface area contributed by atoms with Gasteiger partial charge in [0, 0.05) is 32.1 Å². The number of hydrogen-bond donors (Lipinski definition) is 3. The summed E-state index contributed by atoms with van der Waals surface area (Å²) in [6, 6.07) is 1.90. The molecule has 5 N–H and O–H groups in total. The number of hydrogen-bond acceptors (Lipinski definition) is 7. The zero-order valence-electron chi connectivity index (χ0n) is 14.5. The average molecular weight is 359 g/mol. The number of rotatable bonds is 3. The zero-order chi connectivity index (χ0) is 18.8. The van der Waals surface area contributed by atoms with Crippen molar-refractivity contribution < 1.29 is 14.6 Å². The van der Waals surface area contributed by atoms with E-state index < -0.39 is 12.0 Å². The maximum absolute atomic E-state index is 11.4. The fourth-order valence-electron chi connectivity index (χ4n) is 3.11. The van der Waals surface area contributed by atoms with Gasteiger partial charge in [-0.15, -0.1) is 0 Å². The Bertz CT molecular complexity index is 933. The van der Waals surface area contributed by atoms with Gasteiger partial charge in [0.2, 0.25) is 5.91 Å². The second kappa shape index (κ2) is 7.10. The van der Waals surface area contributed by atoms with Gasteiger partial charge >= 0.3 is 0 Å². The van der Waals surface area contributed by atoms with Crippen LogP contribution in [0.5, 0.6) is 0 Å². The van der Waals surface area contributed by atoms with E-state index in [1.165, 1.54) is 6.33 Å². The molecule has 0 aromatic carbocycles. The molecule has 1 aliphatic rings. The number of ether oxygens (including phenoxy) is 1. The lowest BCUT2D eigenvalue weighted by Gasteiger charge is -2.14. The number of amides is 1. The molecule has 10 nitrogen and oxygen atoms in total. The summed E-state index contributed by atoms with van der Waals surface area (Å²) in [5, 5.41) is 12.2. The Labute approximate surface area is 149 Å². The molecule has 1 amide bonds. The molecule has 0 bridgehead atoms. The number of nitrogen functional groups attached to an aromatic ring is 1. The van der Waals surface area contributed by atoms with Crippen LogP contribution in [0, 0.1) is 0 Å². The number of carbonyl (C=O) groups is 1. The van der Waals surface area contributed by atoms with Crippen LogP contribution in [0.3, 0.4) is 0 Å². The molecular weight excluding hydrogens is 338 g/mol. The summed E-state index contributed by atoms with van der Waals surface area (Å²) in [6.45, 7) is 0. The Balaban J connectivity index is 0.000000948. The normalized spacial score (nSPS) is 19.3. The molecule has 0 saturated carbocycles. The van der Waals surface area contributed by atoms with Gasteiger partial charge in [0.15, 0.2) is 0 Å². The molecule has 2 atom stereocenters. The Kier molecular flexibility index (Phi) is 4.87. The summed E-state index contributed by atoms with van der Waals surface area (Å²) in [4.78, 5) is 19.8. The van der Waals surface area contributed by atoms with Crippen molar-refractivity contribution in [3.63, 3.8) is 0 Å². The maximum Gasteiger partial charge on any atom is 0.246 e. The lowest BCUT2D eigenvalue weighted by molar-refractivity contribution is -0.130. The predicted molar refractivity (Wildman–Crippen MR) is 94.6 cm³/mol. The first kappa shape index (κ1) is 17.8. The average Bonchev–Trinajstić information content (AvgIpc) is 3.34. The third-order valence-electron chi connectivity index (χ3n) is 4.25. The highest BCUT2D eigenvalue weighted by atomic mass is 16.5. The van der Waals surface area contributed by atoms with Crippen LogP contribution in [0.2, 0.25) is 0 Å². The maximum atomic E-state index is 11.4. The topological polar surface area (TPSA) is 147 Å². The summed E-state index contributed by atoms with van der Waals surface area (Å²) in [5.41, 5.74) is 13.7. The van der Waals surface area contributed by atoms with E-state index in [1.807, 2.05) is 30.1 Å². The quantitative estimate of drug-likeness (QED) is 0.604. The number of primary amides is 1. The molecule has 2 unspecified atom stereocenters. The number of nitrogens with two attached hydrogens (primary N) is 2. The minimum Gasteiger partial charge on any atom is -0.400 e. The van der Waals surface area contributed by atoms with Crippen molar-refractivity contribution in [1.82, 2.24) is 24.3 Å². The van der Waals surface area contributed by atoms with Crippen molar-refractivity contribution >= 4 is 22.8 Å². The minimum absolute atomic E-state index is 0.322. The van der Waals surface area contributed by atoms with Gasteiger partial charge in [0.25, 0.3) is 0 Å². The van der Waals surface area contributed by atoms with Gasteiger partial charge in [-0.3, -0.25) is 9.48 Å². The summed E-state index contributed by atoms with van der Waals surface area (Å²) >= 11 is 0. The van der Waals surface area contributed by atoms with Gasteiger partial charge < -0.3 is 25.9 Å². The van der Waals surface area contributed by atoms with Gasteiger partial charge in [-0.1, -0.05) is 0 Å². The molecule has 4 heterocycles. The van der Waals surface area contributed by atoms with Crippen molar-refractivity contribution in [2.24, 2.45) is 12.8 Å². The van der Waals surface area contributed by atoms with Crippen LogP contribution in [0.15, 0.2) is 24.8 Å². The monoisotopic (exact) mass is 359 g/mol. The van der Waals surface area contributed by atoms with Gasteiger partial charge in [-0.2, -0.15) is 5.10 Å². The molecule has 1 fully saturated rings. The van der Waals surface area contributed by atoms with E-state index in [4.69, 9.17) is 21.3 Å². The first-order chi connectivity index (χ1) is 12.5. The molecule has 0 aliphatic carbocycles. The van der Waals surface area contributed by atoms with E-state index >= 15 is 0 Å². The van der Waals surface area contributed by atoms with Crippen LogP contribution in [-0.2, 0) is 16.6 Å². The van der Waals surface area contributed by atoms with Crippen LogP contribution in [-0.4, -0.2) is 48.5 Å². The Morgan fingerprint density at radius 1 is 1.35 bits per heavy atom. The second-order valence-electron chi connectivity index (χ2n) is 5.84. The van der Waals surface area contributed by atoms with E-state index in [1.54, 1.807) is 4.68 Å². The van der Waals surface area contributed by atoms with Gasteiger partial charge in [-0.05, 0) is 18.9 Å². The number of aliphatic hydroxyl groups excluding tert-OH is 1. The largest absolute Gasteiger partial charge is 0.400 e. The Hall–Kier alpha value is -2.98. The smallest absolute Gasteiger partial charge is 0.246 e. The molecule has 3 aromatic rings. The van der Waals surface area contributed by atoms with Crippen LogP contribution in [0.4, 0.5) is 5.82 Å². The summed E-state index contributed by atoms with van der Waals surface area (Å²) in [5.74, 6) is -0.0723. The summed E-state index contributed by atoms with van der Waals surface area (Å²) in [6.07, 6.45) is 5.51. The van der Waals surface area contributed by atoms with E-state index in [9.17, 15) is 4.79 Å². The number of aromatic nitrogens is 5. The summed E-state index contributed by atoms with van der Waals surface area (Å²) in [7, 11) is 2.85. The Morgan fingerprint density at radius 2 is 2.12 bits per heavy atom. The van der Waals surface area contributed by atoms with Crippen molar-refractivity contribution in [2.45, 2.75) is 25.2 Å². The van der Waals surface area contributed by atoms with Crippen LogP contribution in [0.1, 0.15) is 19.1 Å². The SMILES string of the molecule is CO.Cn1ccc(-c2cn(C3CCC(C(N)=O)O3)c3ncnc(N)c23)n1. The third-order valence-corrected chi connectivity index (χ3v) is 4.25. The van der Waals surface area contributed by atoms with E-state index in [0.717, 1.165) is 23.8 Å².